The lowest BCUT2D eigenvalue weighted by Gasteiger charge is -2.31. The van der Waals surface area contributed by atoms with Gasteiger partial charge in [0.1, 0.15) is 10.6 Å². The lowest BCUT2D eigenvalue weighted by molar-refractivity contribution is -0.120. The number of aromatic nitrogens is 1. The molecule has 0 aliphatic carbocycles. The average Bonchev–Trinajstić information content (AvgIpc) is 3.21. The van der Waals surface area contributed by atoms with Crippen molar-refractivity contribution in [2.45, 2.75) is 56.8 Å². The number of likely N-dealkylation sites (tertiary alicyclic amines) is 1. The van der Waals surface area contributed by atoms with Gasteiger partial charge in [0, 0.05) is 38.1 Å². The molecule has 2 N–H and O–H groups in total. The summed E-state index contributed by atoms with van der Waals surface area (Å²) in [5, 5.41) is 2.92. The Morgan fingerprint density at radius 2 is 1.74 bits per heavy atom. The summed E-state index contributed by atoms with van der Waals surface area (Å²) in [7, 11) is -3.81. The first-order chi connectivity index (χ1) is 16.4. The van der Waals surface area contributed by atoms with Gasteiger partial charge in [0.05, 0.1) is 5.92 Å². The first-order valence-electron chi connectivity index (χ1n) is 12.3. The minimum atomic E-state index is -3.81. The van der Waals surface area contributed by atoms with E-state index in [0.29, 0.717) is 43.9 Å². The number of H-pyrrole nitrogens is 1. The van der Waals surface area contributed by atoms with E-state index in [1.54, 1.807) is 4.90 Å². The van der Waals surface area contributed by atoms with E-state index in [1.807, 2.05) is 24.3 Å². The van der Waals surface area contributed by atoms with E-state index >= 15 is 0 Å². The third-order valence-corrected chi connectivity index (χ3v) is 8.65. The number of piperidine rings is 1. The zero-order valence-corrected chi connectivity index (χ0v) is 20.6. The third-order valence-electron chi connectivity index (χ3n) is 6.80. The molecule has 9 heteroatoms. The molecule has 2 amide bonds. The molecule has 1 unspecified atom stereocenters. The Morgan fingerprint density at radius 1 is 1.03 bits per heavy atom. The lowest BCUT2D eigenvalue weighted by Crippen LogP contribution is -2.43. The van der Waals surface area contributed by atoms with E-state index in [0.717, 1.165) is 32.1 Å². The van der Waals surface area contributed by atoms with Crippen molar-refractivity contribution in [3.63, 3.8) is 0 Å². The molecule has 1 atom stereocenters. The minimum absolute atomic E-state index is 0.0712. The molecule has 34 heavy (non-hydrogen) atoms. The van der Waals surface area contributed by atoms with Crippen LogP contribution in [0.25, 0.3) is 0 Å². The molecular weight excluding hydrogens is 452 g/mol. The molecule has 1 aromatic carbocycles. The summed E-state index contributed by atoms with van der Waals surface area (Å²) >= 11 is 0. The van der Waals surface area contributed by atoms with Gasteiger partial charge in [0.2, 0.25) is 15.9 Å². The Balaban J connectivity index is 1.41. The van der Waals surface area contributed by atoms with Gasteiger partial charge in [-0.25, -0.2) is 8.42 Å². The number of nitrogens with zero attached hydrogens (tertiary/aromatic N) is 2. The van der Waals surface area contributed by atoms with Crippen LogP contribution in [0, 0.1) is 5.92 Å². The van der Waals surface area contributed by atoms with E-state index in [4.69, 9.17) is 0 Å². The molecule has 184 valence electrons. The molecule has 0 bridgehead atoms. The van der Waals surface area contributed by atoms with Crippen LogP contribution in [0.3, 0.4) is 0 Å². The van der Waals surface area contributed by atoms with E-state index in [9.17, 15) is 18.0 Å². The second-order valence-electron chi connectivity index (χ2n) is 9.20. The highest BCUT2D eigenvalue weighted by Gasteiger charge is 2.34. The van der Waals surface area contributed by atoms with Gasteiger partial charge < -0.3 is 15.2 Å². The van der Waals surface area contributed by atoms with Crippen LogP contribution in [-0.2, 0) is 21.2 Å². The van der Waals surface area contributed by atoms with Crippen LogP contribution < -0.4 is 5.32 Å². The number of carbonyl (C=O) groups excluding carboxylic acids is 2. The van der Waals surface area contributed by atoms with Gasteiger partial charge >= 0.3 is 0 Å². The molecule has 0 radical (unpaired) electrons. The molecule has 0 spiro atoms. The van der Waals surface area contributed by atoms with E-state index in [-0.39, 0.29) is 23.3 Å². The second-order valence-corrected chi connectivity index (χ2v) is 11.1. The number of aromatic amines is 1. The van der Waals surface area contributed by atoms with Crippen LogP contribution in [0.5, 0.6) is 0 Å². The standard InChI is InChI=1S/C25H34N4O4S/c1-2-19-9-11-21(12-10-19)27-24(30)20-8-7-15-29(18-20)34(32,33)22-16-23(26-17-22)25(31)28-13-5-3-4-6-14-28/h9-12,16-17,20,26H,2-8,13-15,18H2,1H3,(H,27,30). The highest BCUT2D eigenvalue weighted by atomic mass is 32.2. The normalized spacial score (nSPS) is 20.0. The van der Waals surface area contributed by atoms with E-state index < -0.39 is 15.9 Å². The molecule has 2 saturated heterocycles. The predicted octanol–water partition coefficient (Wildman–Crippen LogP) is 3.63. The minimum Gasteiger partial charge on any atom is -0.356 e. The third kappa shape index (κ3) is 5.52. The van der Waals surface area contributed by atoms with E-state index in [1.165, 1.54) is 22.1 Å². The number of anilines is 1. The fourth-order valence-corrected chi connectivity index (χ4v) is 6.20. The molecule has 0 saturated carbocycles. The molecule has 2 aliphatic rings. The number of aryl methyl sites for hydroxylation is 1. The SMILES string of the molecule is CCc1ccc(NC(=O)C2CCCN(S(=O)(=O)c3c[nH]c(C(=O)N4CCCCCC4)c3)C2)cc1. The highest BCUT2D eigenvalue weighted by Crippen LogP contribution is 2.26. The van der Waals surface area contributed by atoms with Gasteiger partial charge in [-0.1, -0.05) is 31.9 Å². The zero-order chi connectivity index (χ0) is 24.1. The van der Waals surface area contributed by atoms with Gasteiger partial charge in [-0.05, 0) is 55.9 Å². The maximum Gasteiger partial charge on any atom is 0.270 e. The summed E-state index contributed by atoms with van der Waals surface area (Å²) in [6.07, 6.45) is 7.72. The van der Waals surface area contributed by atoms with Crippen LogP contribution >= 0.6 is 0 Å². The smallest absolute Gasteiger partial charge is 0.270 e. The number of carbonyl (C=O) groups is 2. The quantitative estimate of drug-likeness (QED) is 0.651. The van der Waals surface area contributed by atoms with Crippen molar-refractivity contribution in [2.24, 2.45) is 5.92 Å². The molecule has 2 aromatic rings. The average molecular weight is 487 g/mol. The number of rotatable bonds is 6. The largest absolute Gasteiger partial charge is 0.356 e. The Hall–Kier alpha value is -2.65. The first kappa shape index (κ1) is 24.5. The van der Waals surface area contributed by atoms with Crippen LogP contribution in [0.4, 0.5) is 5.69 Å². The Labute approximate surface area is 201 Å². The lowest BCUT2D eigenvalue weighted by atomic mass is 9.98. The highest BCUT2D eigenvalue weighted by molar-refractivity contribution is 7.89. The van der Waals surface area contributed by atoms with Gasteiger partial charge in [-0.15, -0.1) is 0 Å². The summed E-state index contributed by atoms with van der Waals surface area (Å²) in [5.41, 5.74) is 2.19. The molecule has 2 fully saturated rings. The van der Waals surface area contributed by atoms with Crippen LogP contribution in [0.15, 0.2) is 41.4 Å². The van der Waals surface area contributed by atoms with Gasteiger partial charge in [-0.2, -0.15) is 4.31 Å². The van der Waals surface area contributed by atoms with Crippen LogP contribution in [0.1, 0.15) is 61.5 Å². The molecule has 1 aromatic heterocycles. The first-order valence-corrected chi connectivity index (χ1v) is 13.7. The van der Waals surface area contributed by atoms with Crippen molar-refractivity contribution in [3.05, 3.63) is 47.8 Å². The van der Waals surface area contributed by atoms with Gasteiger partial charge in [0.25, 0.3) is 5.91 Å². The van der Waals surface area contributed by atoms with Crippen molar-refractivity contribution >= 4 is 27.5 Å². The van der Waals surface area contributed by atoms with Crippen LogP contribution in [-0.4, -0.2) is 60.6 Å². The molecule has 3 heterocycles. The number of sulfonamides is 1. The maximum absolute atomic E-state index is 13.3. The molecule has 2 aliphatic heterocycles. The molecule has 8 nitrogen and oxygen atoms in total. The van der Waals surface area contributed by atoms with Crippen molar-refractivity contribution in [2.75, 3.05) is 31.5 Å². The monoisotopic (exact) mass is 486 g/mol. The summed E-state index contributed by atoms with van der Waals surface area (Å²) in [6.45, 7) is 3.96. The second kappa shape index (κ2) is 10.7. The number of hydrogen-bond acceptors (Lipinski definition) is 4. The van der Waals surface area contributed by atoms with Crippen molar-refractivity contribution in [3.8, 4) is 0 Å². The molecular formula is C25H34N4O4S. The van der Waals surface area contributed by atoms with Gasteiger partial charge in [0.15, 0.2) is 0 Å². The molecule has 4 rings (SSSR count). The van der Waals surface area contributed by atoms with Gasteiger partial charge in [-0.3, -0.25) is 9.59 Å². The number of nitrogens with one attached hydrogen (secondary N) is 2. The summed E-state index contributed by atoms with van der Waals surface area (Å²) in [4.78, 5) is 30.4. The van der Waals surface area contributed by atoms with E-state index in [2.05, 4.69) is 17.2 Å². The van der Waals surface area contributed by atoms with Crippen molar-refractivity contribution in [1.82, 2.24) is 14.2 Å². The number of benzene rings is 1. The van der Waals surface area contributed by atoms with Crippen molar-refractivity contribution in [1.29, 1.82) is 0 Å². The Morgan fingerprint density at radius 3 is 2.41 bits per heavy atom. The fraction of sp³-hybridized carbons (Fsp3) is 0.520. The maximum atomic E-state index is 13.3. The summed E-state index contributed by atoms with van der Waals surface area (Å²) < 4.78 is 28.0. The van der Waals surface area contributed by atoms with Crippen LogP contribution in [0.2, 0.25) is 0 Å². The Bertz CT molecular complexity index is 1100. The summed E-state index contributed by atoms with van der Waals surface area (Å²) in [5.74, 6) is -0.755. The number of hydrogen-bond donors (Lipinski definition) is 2. The van der Waals surface area contributed by atoms with Crippen molar-refractivity contribution < 1.29 is 18.0 Å². The number of amides is 2. The Kier molecular flexibility index (Phi) is 7.73. The zero-order valence-electron chi connectivity index (χ0n) is 19.8. The summed E-state index contributed by atoms with van der Waals surface area (Å²) in [6, 6.07) is 9.13. The fourth-order valence-electron chi connectivity index (χ4n) is 4.68. The topological polar surface area (TPSA) is 103 Å². The predicted molar refractivity (Wildman–Crippen MR) is 131 cm³/mol.